The van der Waals surface area contributed by atoms with Crippen molar-refractivity contribution in [2.24, 2.45) is 0 Å². The second kappa shape index (κ2) is 5.98. The van der Waals surface area contributed by atoms with Gasteiger partial charge >= 0.3 is 0 Å². The zero-order valence-corrected chi connectivity index (χ0v) is 11.8. The standard InChI is InChI=1S/C13H14N2O4S/c1-9-13(4-5-16)20-8-14(9)7-10-6-11(15(18)19)2-3-12(10)17/h2-3,6,8,16H,4-5,7H2,1H3/p+1. The highest BCUT2D eigenvalue weighted by atomic mass is 32.1. The second-order valence-electron chi connectivity index (χ2n) is 4.40. The van der Waals surface area contributed by atoms with Gasteiger partial charge in [-0.25, -0.2) is 0 Å². The highest BCUT2D eigenvalue weighted by Crippen LogP contribution is 2.23. The number of benzene rings is 1. The third kappa shape index (κ3) is 2.94. The average molecular weight is 295 g/mol. The van der Waals surface area contributed by atoms with Crippen molar-refractivity contribution >= 4 is 17.0 Å². The van der Waals surface area contributed by atoms with E-state index in [4.69, 9.17) is 5.11 Å². The van der Waals surface area contributed by atoms with Crippen LogP contribution in [0, 0.1) is 17.0 Å². The van der Waals surface area contributed by atoms with Crippen LogP contribution >= 0.6 is 11.3 Å². The molecule has 0 spiro atoms. The van der Waals surface area contributed by atoms with E-state index in [1.54, 1.807) is 0 Å². The first-order valence-corrected chi connectivity index (χ1v) is 6.94. The maximum Gasteiger partial charge on any atom is 0.270 e. The molecule has 1 aromatic heterocycles. The summed E-state index contributed by atoms with van der Waals surface area (Å²) in [5, 5.41) is 29.5. The normalized spacial score (nSPS) is 10.7. The Kier molecular flexibility index (Phi) is 4.31. The molecule has 0 saturated heterocycles. The van der Waals surface area contributed by atoms with Crippen LogP contribution < -0.4 is 4.57 Å². The van der Waals surface area contributed by atoms with Crippen LogP contribution in [-0.4, -0.2) is 21.7 Å². The van der Waals surface area contributed by atoms with Crippen molar-refractivity contribution in [2.75, 3.05) is 6.61 Å². The maximum absolute atomic E-state index is 10.8. The molecule has 2 aromatic rings. The smallest absolute Gasteiger partial charge is 0.270 e. The Labute approximate surface area is 119 Å². The van der Waals surface area contributed by atoms with Gasteiger partial charge in [-0.05, 0) is 6.07 Å². The molecule has 0 aliphatic rings. The summed E-state index contributed by atoms with van der Waals surface area (Å²) in [4.78, 5) is 11.4. The predicted molar refractivity (Wildman–Crippen MR) is 73.9 cm³/mol. The average Bonchev–Trinajstić information content (AvgIpc) is 2.74. The van der Waals surface area contributed by atoms with E-state index in [9.17, 15) is 15.2 Å². The molecule has 20 heavy (non-hydrogen) atoms. The largest absolute Gasteiger partial charge is 0.507 e. The molecular formula is C13H15N2O4S+. The molecule has 6 nitrogen and oxygen atoms in total. The number of rotatable bonds is 5. The molecule has 0 amide bonds. The van der Waals surface area contributed by atoms with Crippen molar-refractivity contribution in [1.29, 1.82) is 0 Å². The van der Waals surface area contributed by atoms with Crippen molar-refractivity contribution in [2.45, 2.75) is 19.9 Å². The monoisotopic (exact) mass is 295 g/mol. The van der Waals surface area contributed by atoms with E-state index in [1.807, 2.05) is 17.0 Å². The van der Waals surface area contributed by atoms with Gasteiger partial charge in [0, 0.05) is 32.1 Å². The van der Waals surface area contributed by atoms with E-state index < -0.39 is 4.92 Å². The topological polar surface area (TPSA) is 87.5 Å². The van der Waals surface area contributed by atoms with Crippen LogP contribution in [0.25, 0.3) is 0 Å². The molecule has 106 valence electrons. The highest BCUT2D eigenvalue weighted by molar-refractivity contribution is 7.09. The number of hydrogen-bond donors (Lipinski definition) is 2. The summed E-state index contributed by atoms with van der Waals surface area (Å²) >= 11 is 1.52. The quantitative estimate of drug-likeness (QED) is 0.497. The predicted octanol–water partition coefficient (Wildman–Crippen LogP) is 1.54. The summed E-state index contributed by atoms with van der Waals surface area (Å²) < 4.78 is 1.91. The van der Waals surface area contributed by atoms with Crippen molar-refractivity contribution in [3.63, 3.8) is 0 Å². The molecule has 2 N–H and O–H groups in total. The van der Waals surface area contributed by atoms with Gasteiger partial charge in [0.1, 0.15) is 5.75 Å². The SMILES string of the molecule is Cc1c(CCO)sc[n+]1Cc1cc([N+](=O)[O-])ccc1O. The van der Waals surface area contributed by atoms with Gasteiger partial charge in [-0.2, -0.15) is 4.57 Å². The second-order valence-corrected chi connectivity index (χ2v) is 5.34. The van der Waals surface area contributed by atoms with Crippen LogP contribution in [0.2, 0.25) is 0 Å². The Morgan fingerprint density at radius 2 is 2.20 bits per heavy atom. The fourth-order valence-corrected chi connectivity index (χ4v) is 2.93. The number of aliphatic hydroxyl groups is 1. The van der Waals surface area contributed by atoms with Crippen molar-refractivity contribution in [3.05, 3.63) is 50.0 Å². The number of nitro groups is 1. The number of hydrogen-bond acceptors (Lipinski definition) is 5. The molecule has 0 radical (unpaired) electrons. The first-order chi connectivity index (χ1) is 9.52. The van der Waals surface area contributed by atoms with Crippen molar-refractivity contribution < 1.29 is 19.7 Å². The first-order valence-electron chi connectivity index (χ1n) is 6.06. The molecule has 2 rings (SSSR count). The zero-order valence-electron chi connectivity index (χ0n) is 10.9. The van der Waals surface area contributed by atoms with Crippen LogP contribution in [0.5, 0.6) is 5.75 Å². The maximum atomic E-state index is 10.8. The van der Waals surface area contributed by atoms with Gasteiger partial charge in [-0.3, -0.25) is 10.1 Å². The number of nitrogens with zero attached hydrogens (tertiary/aromatic N) is 2. The van der Waals surface area contributed by atoms with Gasteiger partial charge in [0.25, 0.3) is 5.69 Å². The Bertz CT molecular complexity index is 639. The molecule has 1 heterocycles. The Balaban J connectivity index is 2.30. The molecule has 7 heteroatoms. The lowest BCUT2D eigenvalue weighted by Crippen LogP contribution is -2.35. The van der Waals surface area contributed by atoms with E-state index in [0.717, 1.165) is 10.6 Å². The lowest BCUT2D eigenvalue weighted by atomic mass is 10.1. The van der Waals surface area contributed by atoms with E-state index >= 15 is 0 Å². The lowest BCUT2D eigenvalue weighted by Gasteiger charge is -2.01. The van der Waals surface area contributed by atoms with Crippen molar-refractivity contribution in [1.82, 2.24) is 0 Å². The first kappa shape index (κ1) is 14.4. The number of aromatic hydroxyl groups is 1. The molecular weight excluding hydrogens is 280 g/mol. The molecule has 0 aliphatic heterocycles. The number of non-ortho nitro benzene ring substituents is 1. The minimum absolute atomic E-state index is 0.0393. The third-order valence-corrected chi connectivity index (χ3v) is 4.25. The minimum atomic E-state index is -0.481. The number of nitro benzene ring substituents is 1. The number of phenolic OH excluding ortho intramolecular Hbond substituents is 1. The summed E-state index contributed by atoms with van der Waals surface area (Å²) in [7, 11) is 0. The Hall–Kier alpha value is -1.99. The van der Waals surface area contributed by atoms with Crippen LogP contribution in [-0.2, 0) is 13.0 Å². The van der Waals surface area contributed by atoms with Crippen molar-refractivity contribution in [3.8, 4) is 5.75 Å². The Morgan fingerprint density at radius 1 is 1.45 bits per heavy atom. The minimum Gasteiger partial charge on any atom is -0.507 e. The van der Waals surface area contributed by atoms with Gasteiger partial charge in [0.15, 0.2) is 12.2 Å². The van der Waals surface area contributed by atoms with Crippen LogP contribution in [0.15, 0.2) is 23.7 Å². The van der Waals surface area contributed by atoms with Crippen LogP contribution in [0.3, 0.4) is 0 Å². The number of aliphatic hydroxyl groups excluding tert-OH is 1. The van der Waals surface area contributed by atoms with Gasteiger partial charge < -0.3 is 10.2 Å². The fraction of sp³-hybridized carbons (Fsp3) is 0.308. The van der Waals surface area contributed by atoms with E-state index in [2.05, 4.69) is 0 Å². The zero-order chi connectivity index (χ0) is 14.7. The highest BCUT2D eigenvalue weighted by Gasteiger charge is 2.18. The molecule has 0 aliphatic carbocycles. The van der Waals surface area contributed by atoms with Crippen LogP contribution in [0.1, 0.15) is 16.1 Å². The molecule has 0 saturated carbocycles. The van der Waals surface area contributed by atoms with Gasteiger partial charge in [-0.1, -0.05) is 11.3 Å². The molecule has 1 aromatic carbocycles. The summed E-state index contributed by atoms with van der Waals surface area (Å²) in [5.74, 6) is 0.0393. The van der Waals surface area contributed by atoms with E-state index in [-0.39, 0.29) is 18.0 Å². The fourth-order valence-electron chi connectivity index (χ4n) is 1.94. The third-order valence-electron chi connectivity index (χ3n) is 3.11. The summed E-state index contributed by atoms with van der Waals surface area (Å²) in [6, 6.07) is 4.00. The van der Waals surface area contributed by atoms with Gasteiger partial charge in [0.2, 0.25) is 5.51 Å². The Morgan fingerprint density at radius 3 is 2.85 bits per heavy atom. The molecule has 0 unspecified atom stereocenters. The number of phenols is 1. The number of thiazole rings is 1. The van der Waals surface area contributed by atoms with Crippen LogP contribution in [0.4, 0.5) is 5.69 Å². The van der Waals surface area contributed by atoms with E-state index in [1.165, 1.54) is 29.5 Å². The summed E-state index contributed by atoms with van der Waals surface area (Å²) in [6.07, 6.45) is 0.588. The van der Waals surface area contributed by atoms with E-state index in [0.29, 0.717) is 18.5 Å². The lowest BCUT2D eigenvalue weighted by molar-refractivity contribution is -0.689. The van der Waals surface area contributed by atoms with Gasteiger partial charge in [-0.15, -0.1) is 0 Å². The molecule has 0 fully saturated rings. The molecule has 0 bridgehead atoms. The summed E-state index contributed by atoms with van der Waals surface area (Å²) in [5.41, 5.74) is 3.34. The number of aromatic nitrogens is 1. The van der Waals surface area contributed by atoms with Gasteiger partial charge in [0.05, 0.1) is 15.4 Å². The molecule has 0 atom stereocenters. The summed E-state index contributed by atoms with van der Waals surface area (Å²) in [6.45, 7) is 2.38.